The van der Waals surface area contributed by atoms with Gasteiger partial charge in [-0.05, 0) is 40.9 Å². The standard InChI is InChI=1S/C13H16BrNO4S/c1-19-9-5-6-10(14)11(8-9)15-13(16)12-4-2-3-7-20(12,17)18/h5-6,8,12H,2-4,7H2,1H3,(H,15,16). The van der Waals surface area contributed by atoms with Gasteiger partial charge in [0.1, 0.15) is 11.0 Å². The van der Waals surface area contributed by atoms with E-state index >= 15 is 0 Å². The lowest BCUT2D eigenvalue weighted by Gasteiger charge is -2.21. The van der Waals surface area contributed by atoms with Crippen molar-refractivity contribution < 1.29 is 17.9 Å². The number of rotatable bonds is 3. The molecule has 1 aliphatic rings. The summed E-state index contributed by atoms with van der Waals surface area (Å²) in [6.07, 6.45) is 1.78. The topological polar surface area (TPSA) is 72.5 Å². The average Bonchev–Trinajstić information content (AvgIpc) is 2.40. The number of methoxy groups -OCH3 is 1. The van der Waals surface area contributed by atoms with E-state index in [9.17, 15) is 13.2 Å². The Kier molecular flexibility index (Phi) is 4.70. The van der Waals surface area contributed by atoms with Crippen LogP contribution >= 0.6 is 15.9 Å². The molecule has 2 rings (SSSR count). The summed E-state index contributed by atoms with van der Waals surface area (Å²) in [5.41, 5.74) is 0.509. The minimum atomic E-state index is -3.33. The average molecular weight is 362 g/mol. The quantitative estimate of drug-likeness (QED) is 0.896. The van der Waals surface area contributed by atoms with E-state index in [-0.39, 0.29) is 5.75 Å². The van der Waals surface area contributed by atoms with Crippen LogP contribution in [0.2, 0.25) is 0 Å². The predicted octanol–water partition coefficient (Wildman–Crippen LogP) is 2.36. The second kappa shape index (κ2) is 6.13. The van der Waals surface area contributed by atoms with Crippen molar-refractivity contribution >= 4 is 37.4 Å². The van der Waals surface area contributed by atoms with Gasteiger partial charge >= 0.3 is 0 Å². The number of halogens is 1. The molecule has 110 valence electrons. The Morgan fingerprint density at radius 3 is 2.80 bits per heavy atom. The molecule has 1 aromatic carbocycles. The Morgan fingerprint density at radius 1 is 1.40 bits per heavy atom. The molecule has 0 aromatic heterocycles. The van der Waals surface area contributed by atoms with Crippen LogP contribution in [0.15, 0.2) is 22.7 Å². The summed E-state index contributed by atoms with van der Waals surface area (Å²) in [6.45, 7) is 0. The first-order chi connectivity index (χ1) is 9.44. The van der Waals surface area contributed by atoms with E-state index in [1.165, 1.54) is 7.11 Å². The molecule has 1 unspecified atom stereocenters. The summed E-state index contributed by atoms with van der Waals surface area (Å²) >= 11 is 3.32. The van der Waals surface area contributed by atoms with E-state index in [4.69, 9.17) is 4.74 Å². The fourth-order valence-electron chi connectivity index (χ4n) is 2.19. The lowest BCUT2D eigenvalue weighted by atomic mass is 10.2. The third-order valence-corrected chi connectivity index (χ3v) is 6.17. The zero-order valence-electron chi connectivity index (χ0n) is 11.1. The highest BCUT2D eigenvalue weighted by atomic mass is 79.9. The van der Waals surface area contributed by atoms with E-state index in [0.717, 1.165) is 6.42 Å². The maximum atomic E-state index is 12.2. The van der Waals surface area contributed by atoms with Gasteiger partial charge in [0.05, 0.1) is 18.6 Å². The molecule has 1 atom stereocenters. The number of carbonyl (C=O) groups is 1. The van der Waals surface area contributed by atoms with Crippen molar-refractivity contribution in [2.45, 2.75) is 24.5 Å². The van der Waals surface area contributed by atoms with Gasteiger partial charge in [-0.15, -0.1) is 0 Å². The summed E-state index contributed by atoms with van der Waals surface area (Å²) in [5.74, 6) is 0.207. The van der Waals surface area contributed by atoms with Crippen LogP contribution in [0.1, 0.15) is 19.3 Å². The number of ether oxygens (including phenoxy) is 1. The normalized spacial score (nSPS) is 21.2. The van der Waals surface area contributed by atoms with E-state index in [1.54, 1.807) is 18.2 Å². The zero-order chi connectivity index (χ0) is 14.8. The number of hydrogen-bond acceptors (Lipinski definition) is 4. The number of amides is 1. The Hall–Kier alpha value is -1.08. The molecule has 1 saturated heterocycles. The summed E-state index contributed by atoms with van der Waals surface area (Å²) in [7, 11) is -1.80. The van der Waals surface area contributed by atoms with Crippen molar-refractivity contribution in [3.8, 4) is 5.75 Å². The number of benzene rings is 1. The summed E-state index contributed by atoms with van der Waals surface area (Å²) < 4.78 is 29.6. The van der Waals surface area contributed by atoms with Gasteiger partial charge in [0.2, 0.25) is 5.91 Å². The molecule has 5 nitrogen and oxygen atoms in total. The lowest BCUT2D eigenvalue weighted by molar-refractivity contribution is -0.116. The first-order valence-corrected chi connectivity index (χ1v) is 8.81. The third kappa shape index (κ3) is 3.32. The van der Waals surface area contributed by atoms with E-state index in [0.29, 0.717) is 28.8 Å². The number of carbonyl (C=O) groups excluding carboxylic acids is 1. The molecule has 0 radical (unpaired) electrons. The number of hydrogen-bond donors (Lipinski definition) is 1. The Morgan fingerprint density at radius 2 is 2.15 bits per heavy atom. The Balaban J connectivity index is 2.19. The highest BCUT2D eigenvalue weighted by Crippen LogP contribution is 2.28. The first kappa shape index (κ1) is 15.3. The van der Waals surface area contributed by atoms with Crippen molar-refractivity contribution in [2.24, 2.45) is 0 Å². The fourth-order valence-corrected chi connectivity index (χ4v) is 4.34. The van der Waals surface area contributed by atoms with Gasteiger partial charge in [0, 0.05) is 10.5 Å². The maximum Gasteiger partial charge on any atom is 0.242 e. The first-order valence-electron chi connectivity index (χ1n) is 6.30. The molecule has 7 heteroatoms. The molecular formula is C13H16BrNO4S. The molecule has 0 aliphatic carbocycles. The SMILES string of the molecule is COc1ccc(Br)c(NC(=O)C2CCCCS2(=O)=O)c1. The molecule has 1 heterocycles. The van der Waals surface area contributed by atoms with Gasteiger partial charge in [-0.25, -0.2) is 8.42 Å². The maximum absolute atomic E-state index is 12.2. The minimum absolute atomic E-state index is 0.0877. The van der Waals surface area contributed by atoms with Crippen LogP contribution < -0.4 is 10.1 Å². The fraction of sp³-hybridized carbons (Fsp3) is 0.462. The highest BCUT2D eigenvalue weighted by molar-refractivity contribution is 9.10. The predicted molar refractivity (Wildman–Crippen MR) is 80.7 cm³/mol. The zero-order valence-corrected chi connectivity index (χ0v) is 13.5. The van der Waals surface area contributed by atoms with Crippen LogP contribution in [0.4, 0.5) is 5.69 Å². The van der Waals surface area contributed by atoms with E-state index in [2.05, 4.69) is 21.2 Å². The van der Waals surface area contributed by atoms with Gasteiger partial charge in [0.15, 0.2) is 9.84 Å². The van der Waals surface area contributed by atoms with Gasteiger partial charge < -0.3 is 10.1 Å². The molecule has 1 amide bonds. The second-order valence-electron chi connectivity index (χ2n) is 4.69. The van der Waals surface area contributed by atoms with Gasteiger partial charge in [0.25, 0.3) is 0 Å². The molecule has 1 aromatic rings. The van der Waals surface area contributed by atoms with Crippen LogP contribution in [-0.2, 0) is 14.6 Å². The summed E-state index contributed by atoms with van der Waals surface area (Å²) in [5, 5.41) is 1.72. The van der Waals surface area contributed by atoms with E-state index in [1.807, 2.05) is 0 Å². The smallest absolute Gasteiger partial charge is 0.242 e. The van der Waals surface area contributed by atoms with Crippen LogP contribution in [0.25, 0.3) is 0 Å². The summed E-state index contributed by atoms with van der Waals surface area (Å²) in [6, 6.07) is 5.14. The number of nitrogens with one attached hydrogen (secondary N) is 1. The summed E-state index contributed by atoms with van der Waals surface area (Å²) in [4.78, 5) is 12.2. The second-order valence-corrected chi connectivity index (χ2v) is 7.84. The van der Waals surface area contributed by atoms with Gasteiger partial charge in [-0.1, -0.05) is 6.42 Å². The molecule has 0 bridgehead atoms. The monoisotopic (exact) mass is 361 g/mol. The Bertz CT molecular complexity index is 615. The highest BCUT2D eigenvalue weighted by Gasteiger charge is 2.35. The van der Waals surface area contributed by atoms with Crippen LogP contribution in [-0.4, -0.2) is 32.4 Å². The molecule has 1 N–H and O–H groups in total. The molecule has 0 spiro atoms. The number of sulfone groups is 1. The molecular weight excluding hydrogens is 346 g/mol. The van der Waals surface area contributed by atoms with Crippen molar-refractivity contribution in [2.75, 3.05) is 18.2 Å². The van der Waals surface area contributed by atoms with Crippen molar-refractivity contribution in [3.05, 3.63) is 22.7 Å². The minimum Gasteiger partial charge on any atom is -0.497 e. The third-order valence-electron chi connectivity index (χ3n) is 3.30. The number of anilines is 1. The Labute approximate surface area is 126 Å². The molecule has 20 heavy (non-hydrogen) atoms. The van der Waals surface area contributed by atoms with Gasteiger partial charge in [-0.3, -0.25) is 4.79 Å². The van der Waals surface area contributed by atoms with Crippen molar-refractivity contribution in [1.82, 2.24) is 0 Å². The molecule has 1 aliphatic heterocycles. The largest absolute Gasteiger partial charge is 0.497 e. The van der Waals surface area contributed by atoms with Crippen molar-refractivity contribution in [1.29, 1.82) is 0 Å². The molecule has 0 saturated carbocycles. The van der Waals surface area contributed by atoms with Crippen LogP contribution in [0.3, 0.4) is 0 Å². The van der Waals surface area contributed by atoms with Gasteiger partial charge in [-0.2, -0.15) is 0 Å². The van der Waals surface area contributed by atoms with Crippen LogP contribution in [0.5, 0.6) is 5.75 Å². The molecule has 1 fully saturated rings. The van der Waals surface area contributed by atoms with Crippen molar-refractivity contribution in [3.63, 3.8) is 0 Å². The lowest BCUT2D eigenvalue weighted by Crippen LogP contribution is -2.39. The van der Waals surface area contributed by atoms with E-state index < -0.39 is 21.0 Å². The van der Waals surface area contributed by atoms with Crippen LogP contribution in [0, 0.1) is 0 Å².